The van der Waals surface area contributed by atoms with Gasteiger partial charge < -0.3 is 16.0 Å². The molecular weight excluding hydrogens is 240 g/mol. The SMILES string of the molecule is CC(CNC(=O)c1cnc(N)c(Cl)c1)N(C)C. The molecule has 1 aromatic heterocycles. The van der Waals surface area contributed by atoms with Crippen molar-refractivity contribution in [3.8, 4) is 0 Å². The Kier molecular flexibility index (Phi) is 4.72. The lowest BCUT2D eigenvalue weighted by Crippen LogP contribution is -2.38. The number of carbonyl (C=O) groups excluding carboxylic acids is 1. The molecule has 0 aliphatic carbocycles. The van der Waals surface area contributed by atoms with Crippen LogP contribution in [0.25, 0.3) is 0 Å². The zero-order valence-corrected chi connectivity index (χ0v) is 11.0. The molecule has 0 radical (unpaired) electrons. The summed E-state index contributed by atoms with van der Waals surface area (Å²) in [6.07, 6.45) is 1.41. The topological polar surface area (TPSA) is 71.2 Å². The highest BCUT2D eigenvalue weighted by Gasteiger charge is 2.10. The minimum Gasteiger partial charge on any atom is -0.382 e. The van der Waals surface area contributed by atoms with Gasteiger partial charge in [-0.2, -0.15) is 0 Å². The van der Waals surface area contributed by atoms with Gasteiger partial charge in [-0.15, -0.1) is 0 Å². The number of aromatic nitrogens is 1. The quantitative estimate of drug-likeness (QED) is 0.843. The van der Waals surface area contributed by atoms with E-state index >= 15 is 0 Å². The maximum atomic E-state index is 11.8. The molecule has 0 spiro atoms. The van der Waals surface area contributed by atoms with Crippen molar-refractivity contribution in [1.82, 2.24) is 15.2 Å². The first-order valence-corrected chi connectivity index (χ1v) is 5.65. The molecule has 1 atom stereocenters. The number of hydrogen-bond acceptors (Lipinski definition) is 4. The summed E-state index contributed by atoms with van der Waals surface area (Å²) in [5, 5.41) is 3.10. The smallest absolute Gasteiger partial charge is 0.252 e. The number of anilines is 1. The van der Waals surface area contributed by atoms with Crippen LogP contribution in [0.2, 0.25) is 5.02 Å². The van der Waals surface area contributed by atoms with Crippen molar-refractivity contribution in [3.05, 3.63) is 22.8 Å². The summed E-state index contributed by atoms with van der Waals surface area (Å²) >= 11 is 5.80. The molecule has 1 amide bonds. The molecule has 0 fully saturated rings. The van der Waals surface area contributed by atoms with Gasteiger partial charge in [-0.1, -0.05) is 11.6 Å². The minimum absolute atomic E-state index is 0.201. The lowest BCUT2D eigenvalue weighted by Gasteiger charge is -2.19. The number of halogens is 1. The third kappa shape index (κ3) is 3.87. The molecule has 0 bridgehead atoms. The average molecular weight is 257 g/mol. The first-order valence-electron chi connectivity index (χ1n) is 5.27. The number of carbonyl (C=O) groups is 1. The summed E-state index contributed by atoms with van der Waals surface area (Å²) in [6, 6.07) is 1.77. The van der Waals surface area contributed by atoms with Gasteiger partial charge in [0, 0.05) is 18.8 Å². The molecule has 0 aliphatic heterocycles. The molecule has 1 aromatic rings. The number of nitrogens with two attached hydrogens (primary N) is 1. The highest BCUT2D eigenvalue weighted by molar-refractivity contribution is 6.33. The summed E-state index contributed by atoms with van der Waals surface area (Å²) in [4.78, 5) is 17.6. The van der Waals surface area contributed by atoms with Crippen LogP contribution in [0.1, 0.15) is 17.3 Å². The first kappa shape index (κ1) is 13.7. The first-order chi connectivity index (χ1) is 7.91. The van der Waals surface area contributed by atoms with Crippen molar-refractivity contribution in [2.24, 2.45) is 0 Å². The van der Waals surface area contributed by atoms with E-state index in [0.29, 0.717) is 17.1 Å². The standard InChI is InChI=1S/C11H17ClN4O/c1-7(16(2)3)5-15-11(17)8-4-9(12)10(13)14-6-8/h4,6-7H,5H2,1-3H3,(H2,13,14)(H,15,17). The summed E-state index contributed by atoms with van der Waals surface area (Å²) in [5.41, 5.74) is 5.88. The van der Waals surface area contributed by atoms with E-state index in [9.17, 15) is 4.79 Å². The molecule has 5 nitrogen and oxygen atoms in total. The van der Waals surface area contributed by atoms with E-state index in [4.69, 9.17) is 17.3 Å². The van der Waals surface area contributed by atoms with Gasteiger partial charge in [-0.25, -0.2) is 4.98 Å². The van der Waals surface area contributed by atoms with Crippen molar-refractivity contribution in [3.63, 3.8) is 0 Å². The molecule has 94 valence electrons. The molecule has 0 aromatic carbocycles. The van der Waals surface area contributed by atoms with E-state index in [-0.39, 0.29) is 17.8 Å². The van der Waals surface area contributed by atoms with E-state index < -0.39 is 0 Å². The predicted octanol–water partition coefficient (Wildman–Crippen LogP) is 0.997. The normalized spacial score (nSPS) is 12.5. The zero-order valence-electron chi connectivity index (χ0n) is 10.2. The van der Waals surface area contributed by atoms with E-state index in [1.165, 1.54) is 12.3 Å². The molecule has 1 rings (SSSR count). The van der Waals surface area contributed by atoms with Crippen LogP contribution in [0.4, 0.5) is 5.82 Å². The number of hydrogen-bond donors (Lipinski definition) is 2. The van der Waals surface area contributed by atoms with Gasteiger partial charge in [0.15, 0.2) is 0 Å². The number of likely N-dealkylation sites (N-methyl/N-ethyl adjacent to an activating group) is 1. The van der Waals surface area contributed by atoms with Gasteiger partial charge in [0.1, 0.15) is 5.82 Å². The van der Waals surface area contributed by atoms with Gasteiger partial charge in [0.05, 0.1) is 10.6 Å². The molecule has 1 heterocycles. The lowest BCUT2D eigenvalue weighted by atomic mass is 10.2. The Morgan fingerprint density at radius 2 is 2.29 bits per heavy atom. The molecule has 1 unspecified atom stereocenters. The molecule has 0 saturated carbocycles. The fraction of sp³-hybridized carbons (Fsp3) is 0.455. The van der Waals surface area contributed by atoms with E-state index in [1.807, 2.05) is 25.9 Å². The predicted molar refractivity (Wildman–Crippen MR) is 69.1 cm³/mol. The fourth-order valence-corrected chi connectivity index (χ4v) is 1.26. The second-order valence-electron chi connectivity index (χ2n) is 4.11. The van der Waals surface area contributed by atoms with Crippen molar-refractivity contribution < 1.29 is 4.79 Å². The number of nitrogen functional groups attached to an aromatic ring is 1. The maximum absolute atomic E-state index is 11.8. The number of amides is 1. The number of rotatable bonds is 4. The van der Waals surface area contributed by atoms with Crippen LogP contribution in [0.15, 0.2) is 12.3 Å². The molecular formula is C11H17ClN4O. The Labute approximate surface area is 106 Å². The van der Waals surface area contributed by atoms with Crippen LogP contribution >= 0.6 is 11.6 Å². The van der Waals surface area contributed by atoms with Gasteiger partial charge >= 0.3 is 0 Å². The Balaban J connectivity index is 2.61. The second kappa shape index (κ2) is 5.84. The third-order valence-corrected chi connectivity index (χ3v) is 2.87. The summed E-state index contributed by atoms with van der Waals surface area (Å²) in [6.45, 7) is 2.59. The molecule has 0 saturated heterocycles. The van der Waals surface area contributed by atoms with Crippen LogP contribution < -0.4 is 11.1 Å². The molecule has 17 heavy (non-hydrogen) atoms. The van der Waals surface area contributed by atoms with Crippen LogP contribution in [-0.2, 0) is 0 Å². The maximum Gasteiger partial charge on any atom is 0.252 e. The van der Waals surface area contributed by atoms with Gasteiger partial charge in [0.2, 0.25) is 0 Å². The van der Waals surface area contributed by atoms with Crippen LogP contribution in [-0.4, -0.2) is 42.5 Å². The molecule has 6 heteroatoms. The molecule has 0 aliphatic rings. The van der Waals surface area contributed by atoms with Crippen molar-refractivity contribution in [1.29, 1.82) is 0 Å². The number of nitrogens with one attached hydrogen (secondary N) is 1. The van der Waals surface area contributed by atoms with E-state index in [2.05, 4.69) is 10.3 Å². The Morgan fingerprint density at radius 1 is 1.65 bits per heavy atom. The fourth-order valence-electron chi connectivity index (χ4n) is 1.10. The van der Waals surface area contributed by atoms with E-state index in [0.717, 1.165) is 0 Å². The summed E-state index contributed by atoms with van der Waals surface area (Å²) in [7, 11) is 3.91. The van der Waals surface area contributed by atoms with Gasteiger partial charge in [-0.3, -0.25) is 4.79 Å². The van der Waals surface area contributed by atoms with Crippen LogP contribution in [0.5, 0.6) is 0 Å². The zero-order chi connectivity index (χ0) is 13.0. The Hall–Kier alpha value is -1.33. The molecule has 3 N–H and O–H groups in total. The third-order valence-electron chi connectivity index (χ3n) is 2.57. The second-order valence-corrected chi connectivity index (χ2v) is 4.52. The summed E-state index contributed by atoms with van der Waals surface area (Å²) < 4.78 is 0. The Bertz CT molecular complexity index is 408. The van der Waals surface area contributed by atoms with Gasteiger partial charge in [0.25, 0.3) is 5.91 Å². The average Bonchev–Trinajstić information content (AvgIpc) is 2.28. The largest absolute Gasteiger partial charge is 0.382 e. The van der Waals surface area contributed by atoms with Crippen molar-refractivity contribution in [2.45, 2.75) is 13.0 Å². The lowest BCUT2D eigenvalue weighted by molar-refractivity contribution is 0.0943. The highest BCUT2D eigenvalue weighted by atomic mass is 35.5. The van der Waals surface area contributed by atoms with Crippen molar-refractivity contribution in [2.75, 3.05) is 26.4 Å². The monoisotopic (exact) mass is 256 g/mol. The Morgan fingerprint density at radius 3 is 2.82 bits per heavy atom. The highest BCUT2D eigenvalue weighted by Crippen LogP contribution is 2.16. The van der Waals surface area contributed by atoms with E-state index in [1.54, 1.807) is 0 Å². The van der Waals surface area contributed by atoms with Gasteiger partial charge in [-0.05, 0) is 27.1 Å². The number of pyridine rings is 1. The number of nitrogens with zero attached hydrogens (tertiary/aromatic N) is 2. The van der Waals surface area contributed by atoms with Crippen LogP contribution in [0.3, 0.4) is 0 Å². The van der Waals surface area contributed by atoms with Crippen molar-refractivity contribution >= 4 is 23.3 Å². The minimum atomic E-state index is -0.201. The summed E-state index contributed by atoms with van der Waals surface area (Å²) in [5.74, 6) is 0.0259. The van der Waals surface area contributed by atoms with Crippen LogP contribution in [0, 0.1) is 0 Å².